The average Bonchev–Trinajstić information content (AvgIpc) is 3.15. The van der Waals surface area contributed by atoms with Crippen LogP contribution in [0.5, 0.6) is 0 Å². The van der Waals surface area contributed by atoms with Gasteiger partial charge in [-0.2, -0.15) is 0 Å². The molecule has 2 N–H and O–H groups in total. The minimum absolute atomic E-state index is 0.212. The lowest BCUT2D eigenvalue weighted by atomic mass is 10.1. The van der Waals surface area contributed by atoms with Gasteiger partial charge in [-0.05, 0) is 63.0 Å². The van der Waals surface area contributed by atoms with Crippen LogP contribution in [0, 0.1) is 6.92 Å². The van der Waals surface area contributed by atoms with Crippen LogP contribution >= 0.6 is 11.8 Å². The predicted octanol–water partition coefficient (Wildman–Crippen LogP) is 3.65. The molecule has 3 rings (SSSR count). The van der Waals surface area contributed by atoms with E-state index in [0.29, 0.717) is 17.0 Å². The first-order chi connectivity index (χ1) is 12.6. The molecule has 1 aromatic carbocycles. The number of piperidine rings is 1. The van der Waals surface area contributed by atoms with Crippen LogP contribution in [0.4, 0.5) is 5.69 Å². The lowest BCUT2D eigenvalue weighted by Crippen LogP contribution is -2.29. The summed E-state index contributed by atoms with van der Waals surface area (Å²) in [5.74, 6) is -0.212. The lowest BCUT2D eigenvalue weighted by molar-refractivity contribution is 0.102. The minimum atomic E-state index is -0.212. The Bertz CT molecular complexity index is 754. The molecule has 0 bridgehead atoms. The van der Waals surface area contributed by atoms with Gasteiger partial charge in [0.1, 0.15) is 0 Å². The molecule has 0 radical (unpaired) electrons. The number of carbonyl (C=O) groups is 1. The van der Waals surface area contributed by atoms with Crippen LogP contribution in [0.25, 0.3) is 0 Å². The molecule has 2 aromatic rings. The van der Waals surface area contributed by atoms with Crippen LogP contribution in [0.15, 0.2) is 29.3 Å². The Morgan fingerprint density at radius 3 is 2.88 bits per heavy atom. The number of hydrogen-bond acceptors (Lipinski definition) is 5. The van der Waals surface area contributed by atoms with E-state index in [2.05, 4.69) is 46.9 Å². The van der Waals surface area contributed by atoms with Crippen LogP contribution in [0.3, 0.4) is 0 Å². The highest BCUT2D eigenvalue weighted by Crippen LogP contribution is 2.28. The van der Waals surface area contributed by atoms with Crippen molar-refractivity contribution in [2.45, 2.75) is 56.2 Å². The average molecular weight is 374 g/mol. The number of carbonyl (C=O) groups excluding carboxylic acids is 1. The summed E-state index contributed by atoms with van der Waals surface area (Å²) in [6.07, 6.45) is 4.92. The molecule has 6 nitrogen and oxygen atoms in total. The molecule has 2 heterocycles. The molecule has 1 saturated heterocycles. The summed E-state index contributed by atoms with van der Waals surface area (Å²) in [5.41, 5.74) is 2.23. The van der Waals surface area contributed by atoms with Crippen LogP contribution in [-0.2, 0) is 0 Å². The zero-order chi connectivity index (χ0) is 18.5. The third-order valence-electron chi connectivity index (χ3n) is 4.78. The fraction of sp³-hybridized carbons (Fsp3) is 0.526. The highest BCUT2D eigenvalue weighted by Gasteiger charge is 2.19. The molecule has 0 saturated carbocycles. The second-order valence-corrected chi connectivity index (χ2v) is 8.34. The molecule has 7 heteroatoms. The van der Waals surface area contributed by atoms with Crippen molar-refractivity contribution in [2.24, 2.45) is 0 Å². The molecule has 140 valence electrons. The smallest absolute Gasteiger partial charge is 0.277 e. The number of benzene rings is 1. The van der Waals surface area contributed by atoms with Gasteiger partial charge in [0.2, 0.25) is 0 Å². The molecule has 1 unspecified atom stereocenters. The van der Waals surface area contributed by atoms with Gasteiger partial charge in [-0.25, -0.2) is 4.68 Å². The number of aromatic nitrogens is 3. The molecule has 1 amide bonds. The van der Waals surface area contributed by atoms with Gasteiger partial charge < -0.3 is 10.6 Å². The van der Waals surface area contributed by atoms with Crippen molar-refractivity contribution in [1.82, 2.24) is 20.3 Å². The number of nitrogens with zero attached hydrogens (tertiary/aromatic N) is 3. The van der Waals surface area contributed by atoms with Crippen molar-refractivity contribution in [3.8, 4) is 0 Å². The largest absolute Gasteiger partial charge is 0.320 e. The molecule has 1 aliphatic rings. The van der Waals surface area contributed by atoms with Crippen LogP contribution in [0.1, 0.15) is 55.2 Å². The topological polar surface area (TPSA) is 71.8 Å². The van der Waals surface area contributed by atoms with Gasteiger partial charge >= 0.3 is 0 Å². The monoisotopic (exact) mass is 373 g/mol. The van der Waals surface area contributed by atoms with Gasteiger partial charge in [-0.3, -0.25) is 4.79 Å². The fourth-order valence-electron chi connectivity index (χ4n) is 2.98. The van der Waals surface area contributed by atoms with Gasteiger partial charge in [0.25, 0.3) is 5.91 Å². The van der Waals surface area contributed by atoms with E-state index in [1.165, 1.54) is 4.90 Å². The Hall–Kier alpha value is -1.86. The second-order valence-electron chi connectivity index (χ2n) is 6.83. The van der Waals surface area contributed by atoms with Crippen LogP contribution < -0.4 is 10.6 Å². The van der Waals surface area contributed by atoms with Crippen molar-refractivity contribution < 1.29 is 4.79 Å². The van der Waals surface area contributed by atoms with Gasteiger partial charge in [-0.1, -0.05) is 19.1 Å². The number of anilines is 1. The van der Waals surface area contributed by atoms with E-state index in [0.717, 1.165) is 43.6 Å². The Morgan fingerprint density at radius 1 is 1.42 bits per heavy atom. The number of hydrogen-bond donors (Lipinski definition) is 2. The number of amides is 1. The maximum Gasteiger partial charge on any atom is 0.277 e. The maximum absolute atomic E-state index is 12.5. The highest BCUT2D eigenvalue weighted by atomic mass is 32.2. The van der Waals surface area contributed by atoms with E-state index in [-0.39, 0.29) is 5.91 Å². The fourth-order valence-corrected chi connectivity index (χ4v) is 4.00. The molecule has 1 aromatic heterocycles. The first-order valence-electron chi connectivity index (χ1n) is 9.28. The van der Waals surface area contributed by atoms with Crippen molar-refractivity contribution in [1.29, 1.82) is 0 Å². The molecular formula is C19H27N5OS. The second kappa shape index (κ2) is 8.68. The quantitative estimate of drug-likeness (QED) is 0.756. The SMILES string of the molecule is CCC(C)Sc1ccc(NC(=O)c2cn(C3CCNCC3)nn2)c(C)c1. The van der Waals surface area contributed by atoms with E-state index in [4.69, 9.17) is 0 Å². The summed E-state index contributed by atoms with van der Waals surface area (Å²) in [7, 11) is 0. The standard InChI is InChI=1S/C19H27N5OS/c1-4-14(3)26-16-5-6-17(13(2)11-16)21-19(25)18-12-24(23-22-18)15-7-9-20-10-8-15/h5-6,11-12,14-15,20H,4,7-10H2,1-3H3,(H,21,25). The molecule has 1 atom stereocenters. The van der Waals surface area contributed by atoms with Gasteiger partial charge in [0, 0.05) is 15.8 Å². The van der Waals surface area contributed by atoms with E-state index < -0.39 is 0 Å². The zero-order valence-electron chi connectivity index (χ0n) is 15.7. The molecule has 0 aliphatic carbocycles. The molecule has 1 aliphatic heterocycles. The maximum atomic E-state index is 12.5. The highest BCUT2D eigenvalue weighted by molar-refractivity contribution is 7.99. The molecule has 0 spiro atoms. The first kappa shape index (κ1) is 18.9. The number of rotatable bonds is 6. The Morgan fingerprint density at radius 2 is 2.19 bits per heavy atom. The summed E-state index contributed by atoms with van der Waals surface area (Å²) in [6.45, 7) is 8.39. The van der Waals surface area contributed by atoms with Crippen molar-refractivity contribution in [3.05, 3.63) is 35.7 Å². The Balaban J connectivity index is 1.65. The van der Waals surface area contributed by atoms with Gasteiger partial charge in [-0.15, -0.1) is 16.9 Å². The summed E-state index contributed by atoms with van der Waals surface area (Å²) in [6, 6.07) is 6.47. The minimum Gasteiger partial charge on any atom is -0.320 e. The van der Waals surface area contributed by atoms with Gasteiger partial charge in [0.15, 0.2) is 5.69 Å². The molecular weight excluding hydrogens is 346 g/mol. The molecule has 26 heavy (non-hydrogen) atoms. The summed E-state index contributed by atoms with van der Waals surface area (Å²) >= 11 is 1.86. The first-order valence-corrected chi connectivity index (χ1v) is 10.2. The van der Waals surface area contributed by atoms with E-state index in [9.17, 15) is 4.79 Å². The lowest BCUT2D eigenvalue weighted by Gasteiger charge is -2.22. The van der Waals surface area contributed by atoms with E-state index in [1.54, 1.807) is 6.20 Å². The Kier molecular flexibility index (Phi) is 6.32. The summed E-state index contributed by atoms with van der Waals surface area (Å²) in [4.78, 5) is 13.8. The zero-order valence-corrected chi connectivity index (χ0v) is 16.5. The number of thioether (sulfide) groups is 1. The number of nitrogens with one attached hydrogen (secondary N) is 2. The summed E-state index contributed by atoms with van der Waals surface area (Å²) < 4.78 is 1.83. The van der Waals surface area contributed by atoms with Crippen molar-refractivity contribution in [2.75, 3.05) is 18.4 Å². The van der Waals surface area contributed by atoms with Crippen LogP contribution in [0.2, 0.25) is 0 Å². The normalized spacial score (nSPS) is 16.4. The van der Waals surface area contributed by atoms with E-state index in [1.807, 2.05) is 29.4 Å². The van der Waals surface area contributed by atoms with Crippen molar-refractivity contribution >= 4 is 23.4 Å². The number of aryl methyl sites for hydroxylation is 1. The Labute approximate surface area is 159 Å². The summed E-state index contributed by atoms with van der Waals surface area (Å²) in [5, 5.41) is 15.1. The van der Waals surface area contributed by atoms with Crippen LogP contribution in [-0.4, -0.2) is 39.2 Å². The third-order valence-corrected chi connectivity index (χ3v) is 6.05. The third kappa shape index (κ3) is 4.65. The predicted molar refractivity (Wildman–Crippen MR) is 106 cm³/mol. The van der Waals surface area contributed by atoms with Crippen molar-refractivity contribution in [3.63, 3.8) is 0 Å². The molecule has 1 fully saturated rings. The van der Waals surface area contributed by atoms with E-state index >= 15 is 0 Å². The van der Waals surface area contributed by atoms with Gasteiger partial charge in [0.05, 0.1) is 12.2 Å².